The van der Waals surface area contributed by atoms with Crippen LogP contribution in [0.5, 0.6) is 0 Å². The number of hydrogen-bond donors (Lipinski definition) is 2. The van der Waals surface area contributed by atoms with Gasteiger partial charge in [-0.2, -0.15) is 0 Å². The predicted molar refractivity (Wildman–Crippen MR) is 77.4 cm³/mol. The van der Waals surface area contributed by atoms with Crippen molar-refractivity contribution in [1.82, 2.24) is 15.2 Å². The Bertz CT molecular complexity index is 387. The second-order valence-electron chi connectivity index (χ2n) is 4.47. The van der Waals surface area contributed by atoms with Crippen LogP contribution in [0.4, 0.5) is 4.79 Å². The van der Waals surface area contributed by atoms with Crippen LogP contribution in [0.25, 0.3) is 0 Å². The molecule has 0 aliphatic heterocycles. The van der Waals surface area contributed by atoms with E-state index in [4.69, 9.17) is 5.11 Å². The highest BCUT2D eigenvalue weighted by molar-refractivity contribution is 7.11. The molecule has 5 nitrogen and oxygen atoms in total. The number of nitrogens with zero attached hydrogens (tertiary/aromatic N) is 2. The van der Waals surface area contributed by atoms with E-state index < -0.39 is 0 Å². The Morgan fingerprint density at radius 2 is 2.16 bits per heavy atom. The standard InChI is InChI=1S/C13H23N3O2S/c1-4-5-6-16(7-8-17)13(18)14-9-12-15-10(2)11(3)19-12/h17H,4-9H2,1-3H3,(H,14,18). The van der Waals surface area contributed by atoms with Crippen LogP contribution in [0.2, 0.25) is 0 Å². The molecule has 0 saturated carbocycles. The van der Waals surface area contributed by atoms with Gasteiger partial charge < -0.3 is 15.3 Å². The molecule has 0 aliphatic carbocycles. The normalized spacial score (nSPS) is 10.5. The predicted octanol–water partition coefficient (Wildman–Crippen LogP) is 2.06. The summed E-state index contributed by atoms with van der Waals surface area (Å²) in [5.74, 6) is 0. The first kappa shape index (κ1) is 15.9. The molecule has 2 amide bonds. The molecule has 0 bridgehead atoms. The van der Waals surface area contributed by atoms with Crippen LogP contribution in [0.15, 0.2) is 0 Å². The number of aliphatic hydroxyl groups excluding tert-OH is 1. The van der Waals surface area contributed by atoms with Gasteiger partial charge in [0, 0.05) is 18.0 Å². The molecular formula is C13H23N3O2S. The van der Waals surface area contributed by atoms with Gasteiger partial charge in [0.1, 0.15) is 5.01 Å². The average molecular weight is 285 g/mol. The number of unbranched alkanes of at least 4 members (excludes halogenated alkanes) is 1. The topological polar surface area (TPSA) is 65.5 Å². The highest BCUT2D eigenvalue weighted by Gasteiger charge is 2.12. The minimum Gasteiger partial charge on any atom is -0.395 e. The summed E-state index contributed by atoms with van der Waals surface area (Å²) >= 11 is 1.61. The molecule has 0 saturated heterocycles. The highest BCUT2D eigenvalue weighted by Crippen LogP contribution is 2.16. The molecule has 0 fully saturated rings. The number of hydrogen-bond acceptors (Lipinski definition) is 4. The van der Waals surface area contributed by atoms with Gasteiger partial charge >= 0.3 is 6.03 Å². The Morgan fingerprint density at radius 1 is 1.42 bits per heavy atom. The number of urea groups is 1. The maximum atomic E-state index is 12.0. The summed E-state index contributed by atoms with van der Waals surface area (Å²) in [6.07, 6.45) is 1.98. The van der Waals surface area contributed by atoms with E-state index in [9.17, 15) is 4.79 Å². The van der Waals surface area contributed by atoms with Gasteiger partial charge in [-0.1, -0.05) is 13.3 Å². The SMILES string of the molecule is CCCCN(CCO)C(=O)NCc1nc(C)c(C)s1. The number of carbonyl (C=O) groups is 1. The monoisotopic (exact) mass is 285 g/mol. The summed E-state index contributed by atoms with van der Waals surface area (Å²) in [5, 5.41) is 12.8. The van der Waals surface area contributed by atoms with Gasteiger partial charge in [0.15, 0.2) is 0 Å². The summed E-state index contributed by atoms with van der Waals surface area (Å²) in [6, 6.07) is -0.131. The number of amides is 2. The lowest BCUT2D eigenvalue weighted by atomic mass is 10.3. The van der Waals surface area contributed by atoms with Crippen molar-refractivity contribution in [3.63, 3.8) is 0 Å². The molecule has 19 heavy (non-hydrogen) atoms. The third-order valence-electron chi connectivity index (χ3n) is 2.90. The molecule has 108 valence electrons. The Hall–Kier alpha value is -1.14. The van der Waals surface area contributed by atoms with Gasteiger partial charge in [0.05, 0.1) is 18.8 Å². The molecule has 1 aromatic heterocycles. The fraction of sp³-hybridized carbons (Fsp3) is 0.692. The van der Waals surface area contributed by atoms with E-state index in [1.807, 2.05) is 13.8 Å². The van der Waals surface area contributed by atoms with Crippen molar-refractivity contribution >= 4 is 17.4 Å². The van der Waals surface area contributed by atoms with Crippen molar-refractivity contribution < 1.29 is 9.90 Å². The molecule has 6 heteroatoms. The summed E-state index contributed by atoms with van der Waals surface area (Å²) in [6.45, 7) is 7.57. The zero-order valence-corrected chi connectivity index (χ0v) is 12.7. The van der Waals surface area contributed by atoms with Crippen LogP contribution in [0.3, 0.4) is 0 Å². The molecule has 0 spiro atoms. The van der Waals surface area contributed by atoms with Crippen molar-refractivity contribution in [2.75, 3.05) is 19.7 Å². The second kappa shape index (κ2) is 8.12. The van der Waals surface area contributed by atoms with Crippen LogP contribution < -0.4 is 5.32 Å². The fourth-order valence-electron chi connectivity index (χ4n) is 1.66. The zero-order chi connectivity index (χ0) is 14.3. The van der Waals surface area contributed by atoms with E-state index in [-0.39, 0.29) is 12.6 Å². The van der Waals surface area contributed by atoms with Gasteiger partial charge in [-0.15, -0.1) is 11.3 Å². The van der Waals surface area contributed by atoms with Gasteiger partial charge in [0.2, 0.25) is 0 Å². The van der Waals surface area contributed by atoms with E-state index in [0.717, 1.165) is 23.5 Å². The average Bonchev–Trinajstić information content (AvgIpc) is 2.71. The van der Waals surface area contributed by atoms with Crippen LogP contribution >= 0.6 is 11.3 Å². The number of aliphatic hydroxyl groups is 1. The molecule has 2 N–H and O–H groups in total. The maximum Gasteiger partial charge on any atom is 0.317 e. The molecule has 0 aromatic carbocycles. The Balaban J connectivity index is 2.46. The third-order valence-corrected chi connectivity index (χ3v) is 3.98. The van der Waals surface area contributed by atoms with Gasteiger partial charge in [-0.05, 0) is 20.3 Å². The van der Waals surface area contributed by atoms with E-state index in [2.05, 4.69) is 17.2 Å². The molecule has 1 heterocycles. The lowest BCUT2D eigenvalue weighted by Gasteiger charge is -2.21. The van der Waals surface area contributed by atoms with E-state index in [1.54, 1.807) is 16.2 Å². The van der Waals surface area contributed by atoms with Crippen LogP contribution in [-0.2, 0) is 6.54 Å². The largest absolute Gasteiger partial charge is 0.395 e. The lowest BCUT2D eigenvalue weighted by molar-refractivity contribution is 0.176. The molecule has 0 unspecified atom stereocenters. The van der Waals surface area contributed by atoms with Gasteiger partial charge in [-0.3, -0.25) is 0 Å². The van der Waals surface area contributed by atoms with E-state index in [0.29, 0.717) is 19.6 Å². The molecule has 1 aromatic rings. The summed E-state index contributed by atoms with van der Waals surface area (Å²) in [5.41, 5.74) is 1.02. The van der Waals surface area contributed by atoms with Gasteiger partial charge in [0.25, 0.3) is 0 Å². The first-order valence-corrected chi connectivity index (χ1v) is 7.46. The van der Waals surface area contributed by atoms with Crippen molar-refractivity contribution in [2.45, 2.75) is 40.2 Å². The molecule has 0 atom stereocenters. The Morgan fingerprint density at radius 3 is 2.68 bits per heavy atom. The van der Waals surface area contributed by atoms with E-state index in [1.165, 1.54) is 4.88 Å². The number of nitrogens with one attached hydrogen (secondary N) is 1. The van der Waals surface area contributed by atoms with Crippen LogP contribution in [-0.4, -0.2) is 40.7 Å². The summed E-state index contributed by atoms with van der Waals surface area (Å²) < 4.78 is 0. The second-order valence-corrected chi connectivity index (χ2v) is 5.76. The first-order chi connectivity index (χ1) is 9.08. The summed E-state index contributed by atoms with van der Waals surface area (Å²) in [4.78, 5) is 19.2. The highest BCUT2D eigenvalue weighted by atomic mass is 32.1. The maximum absolute atomic E-state index is 12.0. The van der Waals surface area contributed by atoms with Crippen molar-refractivity contribution in [3.05, 3.63) is 15.6 Å². The zero-order valence-electron chi connectivity index (χ0n) is 11.9. The molecule has 0 radical (unpaired) electrons. The first-order valence-electron chi connectivity index (χ1n) is 6.65. The minimum absolute atomic E-state index is 0.00734. The molecule has 1 rings (SSSR count). The molecule has 0 aliphatic rings. The Kier molecular flexibility index (Phi) is 6.80. The summed E-state index contributed by atoms with van der Waals surface area (Å²) in [7, 11) is 0. The number of aromatic nitrogens is 1. The number of aryl methyl sites for hydroxylation is 2. The third kappa shape index (κ3) is 5.16. The van der Waals surface area contributed by atoms with Crippen LogP contribution in [0.1, 0.15) is 35.3 Å². The smallest absolute Gasteiger partial charge is 0.317 e. The number of rotatable bonds is 7. The Labute approximate surface area is 118 Å². The number of carbonyl (C=O) groups excluding carboxylic acids is 1. The van der Waals surface area contributed by atoms with E-state index >= 15 is 0 Å². The quantitative estimate of drug-likeness (QED) is 0.806. The van der Waals surface area contributed by atoms with Crippen molar-refractivity contribution in [3.8, 4) is 0 Å². The van der Waals surface area contributed by atoms with Crippen molar-refractivity contribution in [2.24, 2.45) is 0 Å². The number of thiazole rings is 1. The molecular weight excluding hydrogens is 262 g/mol. The van der Waals surface area contributed by atoms with Gasteiger partial charge in [-0.25, -0.2) is 9.78 Å². The van der Waals surface area contributed by atoms with Crippen LogP contribution in [0, 0.1) is 13.8 Å². The van der Waals surface area contributed by atoms with Crippen molar-refractivity contribution in [1.29, 1.82) is 0 Å². The minimum atomic E-state index is -0.131. The fourth-order valence-corrected chi connectivity index (χ4v) is 2.54. The lowest BCUT2D eigenvalue weighted by Crippen LogP contribution is -2.41.